The maximum atomic E-state index is 12.3. The molecule has 7 heteroatoms. The number of nitrogens with one attached hydrogen (secondary N) is 2. The number of rotatable bonds is 9. The van der Waals surface area contributed by atoms with Crippen molar-refractivity contribution < 1.29 is 14.3 Å². The first-order valence-corrected chi connectivity index (χ1v) is 8.89. The number of methoxy groups -OCH3 is 1. The number of carbonyl (C=O) groups excluding carboxylic acids is 1. The summed E-state index contributed by atoms with van der Waals surface area (Å²) in [6, 6.07) is 18.7. The van der Waals surface area contributed by atoms with Crippen LogP contribution in [0, 0.1) is 0 Å². The SMILES string of the molecule is COc1ccc(OCCNc2cc(C(=O)NCc3ccccc3)ncn2)cc1. The Hall–Kier alpha value is -3.61. The Bertz CT molecular complexity index is 886. The van der Waals surface area contributed by atoms with Crippen molar-refractivity contribution in [1.82, 2.24) is 15.3 Å². The minimum atomic E-state index is -0.246. The quantitative estimate of drug-likeness (QED) is 0.557. The van der Waals surface area contributed by atoms with Crippen molar-refractivity contribution in [3.8, 4) is 11.5 Å². The molecule has 0 saturated carbocycles. The average Bonchev–Trinajstić information content (AvgIpc) is 2.76. The first-order chi connectivity index (χ1) is 13.7. The molecule has 0 saturated heterocycles. The summed E-state index contributed by atoms with van der Waals surface area (Å²) in [5.41, 5.74) is 1.34. The van der Waals surface area contributed by atoms with E-state index in [4.69, 9.17) is 9.47 Å². The second-order valence-corrected chi connectivity index (χ2v) is 5.91. The van der Waals surface area contributed by atoms with Crippen LogP contribution in [0.2, 0.25) is 0 Å². The summed E-state index contributed by atoms with van der Waals surface area (Å²) in [6.45, 7) is 1.43. The number of hydrogen-bond donors (Lipinski definition) is 2. The Balaban J connectivity index is 1.45. The molecule has 0 unspecified atom stereocenters. The molecule has 0 aliphatic rings. The monoisotopic (exact) mass is 378 g/mol. The predicted molar refractivity (Wildman–Crippen MR) is 107 cm³/mol. The predicted octanol–water partition coefficient (Wildman–Crippen LogP) is 2.91. The number of hydrogen-bond acceptors (Lipinski definition) is 6. The van der Waals surface area contributed by atoms with Gasteiger partial charge in [-0.3, -0.25) is 4.79 Å². The summed E-state index contributed by atoms with van der Waals surface area (Å²) in [4.78, 5) is 20.4. The van der Waals surface area contributed by atoms with Crippen LogP contribution in [0.25, 0.3) is 0 Å². The molecular weight excluding hydrogens is 356 g/mol. The number of benzene rings is 2. The van der Waals surface area contributed by atoms with Gasteiger partial charge in [0.1, 0.15) is 35.9 Å². The van der Waals surface area contributed by atoms with E-state index in [1.54, 1.807) is 13.2 Å². The molecule has 0 aliphatic carbocycles. The van der Waals surface area contributed by atoms with Crippen LogP contribution in [0.5, 0.6) is 11.5 Å². The first kappa shape index (κ1) is 19.2. The molecule has 7 nitrogen and oxygen atoms in total. The minimum absolute atomic E-state index is 0.246. The summed E-state index contributed by atoms with van der Waals surface area (Å²) in [5, 5.41) is 5.97. The molecule has 0 fully saturated rings. The van der Waals surface area contributed by atoms with Gasteiger partial charge < -0.3 is 20.1 Å². The van der Waals surface area contributed by atoms with Crippen LogP contribution >= 0.6 is 0 Å². The average molecular weight is 378 g/mol. The van der Waals surface area contributed by atoms with Crippen LogP contribution in [0.15, 0.2) is 67.0 Å². The largest absolute Gasteiger partial charge is 0.497 e. The molecule has 2 N–H and O–H groups in total. The van der Waals surface area contributed by atoms with Gasteiger partial charge in [0, 0.05) is 12.6 Å². The lowest BCUT2D eigenvalue weighted by atomic mass is 10.2. The van der Waals surface area contributed by atoms with Gasteiger partial charge in [0.05, 0.1) is 13.7 Å². The van der Waals surface area contributed by atoms with Crippen molar-refractivity contribution >= 4 is 11.7 Å². The van der Waals surface area contributed by atoms with Gasteiger partial charge in [0.15, 0.2) is 0 Å². The van der Waals surface area contributed by atoms with Crippen molar-refractivity contribution in [3.63, 3.8) is 0 Å². The number of amides is 1. The van der Waals surface area contributed by atoms with E-state index in [0.29, 0.717) is 31.2 Å². The molecule has 0 spiro atoms. The van der Waals surface area contributed by atoms with Gasteiger partial charge in [-0.15, -0.1) is 0 Å². The van der Waals surface area contributed by atoms with Crippen molar-refractivity contribution in [2.24, 2.45) is 0 Å². The third kappa shape index (κ3) is 5.70. The Morgan fingerprint density at radius 1 is 1.00 bits per heavy atom. The molecule has 2 aromatic carbocycles. The molecule has 3 rings (SSSR count). The molecule has 28 heavy (non-hydrogen) atoms. The van der Waals surface area contributed by atoms with Crippen LogP contribution < -0.4 is 20.1 Å². The topological polar surface area (TPSA) is 85.4 Å². The van der Waals surface area contributed by atoms with E-state index in [2.05, 4.69) is 20.6 Å². The lowest BCUT2D eigenvalue weighted by Gasteiger charge is -2.09. The minimum Gasteiger partial charge on any atom is -0.497 e. The third-order valence-electron chi connectivity index (χ3n) is 3.93. The van der Waals surface area contributed by atoms with Crippen LogP contribution in [-0.4, -0.2) is 36.1 Å². The van der Waals surface area contributed by atoms with E-state index < -0.39 is 0 Å². The molecule has 1 amide bonds. The maximum Gasteiger partial charge on any atom is 0.270 e. The molecule has 0 radical (unpaired) electrons. The molecule has 3 aromatic rings. The molecule has 0 bridgehead atoms. The molecule has 0 atom stereocenters. The van der Waals surface area contributed by atoms with E-state index in [1.165, 1.54) is 6.33 Å². The van der Waals surface area contributed by atoms with Gasteiger partial charge in [-0.25, -0.2) is 9.97 Å². The number of carbonyl (C=O) groups is 1. The van der Waals surface area contributed by atoms with Gasteiger partial charge >= 0.3 is 0 Å². The van der Waals surface area contributed by atoms with Gasteiger partial charge in [0.2, 0.25) is 0 Å². The third-order valence-corrected chi connectivity index (χ3v) is 3.93. The zero-order valence-corrected chi connectivity index (χ0v) is 15.6. The Labute approximate surface area is 163 Å². The smallest absolute Gasteiger partial charge is 0.270 e. The standard InChI is InChI=1S/C21H22N4O3/c1-27-17-7-9-18(10-8-17)28-12-11-22-20-13-19(24-15-25-20)21(26)23-14-16-5-3-2-4-6-16/h2-10,13,15H,11-12,14H2,1H3,(H,23,26)(H,22,24,25). The molecular formula is C21H22N4O3. The summed E-state index contributed by atoms with van der Waals surface area (Å²) < 4.78 is 10.8. The Morgan fingerprint density at radius 2 is 1.75 bits per heavy atom. The highest BCUT2D eigenvalue weighted by atomic mass is 16.5. The fourth-order valence-corrected chi connectivity index (χ4v) is 2.47. The van der Waals surface area contributed by atoms with Crippen molar-refractivity contribution in [2.75, 3.05) is 25.6 Å². The summed E-state index contributed by atoms with van der Waals surface area (Å²) in [5.74, 6) is 1.86. The normalized spacial score (nSPS) is 10.2. The fourth-order valence-electron chi connectivity index (χ4n) is 2.47. The molecule has 0 aliphatic heterocycles. The fraction of sp³-hybridized carbons (Fsp3) is 0.190. The lowest BCUT2D eigenvalue weighted by molar-refractivity contribution is 0.0946. The van der Waals surface area contributed by atoms with Crippen molar-refractivity contribution in [3.05, 3.63) is 78.2 Å². The van der Waals surface area contributed by atoms with Crippen LogP contribution in [0.3, 0.4) is 0 Å². The van der Waals surface area contributed by atoms with Crippen LogP contribution in [0.4, 0.5) is 5.82 Å². The molecule has 1 heterocycles. The zero-order valence-electron chi connectivity index (χ0n) is 15.6. The second-order valence-electron chi connectivity index (χ2n) is 5.91. The van der Waals surface area contributed by atoms with Gasteiger partial charge in [0.25, 0.3) is 5.91 Å². The van der Waals surface area contributed by atoms with Crippen LogP contribution in [-0.2, 0) is 6.54 Å². The second kappa shape index (κ2) is 9.91. The summed E-state index contributed by atoms with van der Waals surface area (Å²) in [7, 11) is 1.62. The van der Waals surface area contributed by atoms with Crippen molar-refractivity contribution in [1.29, 1.82) is 0 Å². The molecule has 1 aromatic heterocycles. The number of nitrogens with zero attached hydrogens (tertiary/aromatic N) is 2. The lowest BCUT2D eigenvalue weighted by Crippen LogP contribution is -2.24. The number of aromatic nitrogens is 2. The zero-order chi connectivity index (χ0) is 19.6. The molecule has 144 valence electrons. The van der Waals surface area contributed by atoms with E-state index in [-0.39, 0.29) is 5.91 Å². The van der Waals surface area contributed by atoms with Gasteiger partial charge in [-0.05, 0) is 29.8 Å². The Kier molecular flexibility index (Phi) is 6.78. The van der Waals surface area contributed by atoms with E-state index in [1.807, 2.05) is 54.6 Å². The van der Waals surface area contributed by atoms with E-state index in [0.717, 1.165) is 17.1 Å². The highest BCUT2D eigenvalue weighted by molar-refractivity contribution is 5.92. The number of ether oxygens (including phenoxy) is 2. The summed E-state index contributed by atoms with van der Waals surface area (Å²) >= 11 is 0. The van der Waals surface area contributed by atoms with E-state index >= 15 is 0 Å². The summed E-state index contributed by atoms with van der Waals surface area (Å²) in [6.07, 6.45) is 1.37. The van der Waals surface area contributed by atoms with Crippen LogP contribution in [0.1, 0.15) is 16.1 Å². The van der Waals surface area contributed by atoms with Gasteiger partial charge in [-0.2, -0.15) is 0 Å². The maximum absolute atomic E-state index is 12.3. The Morgan fingerprint density at radius 3 is 2.50 bits per heavy atom. The highest BCUT2D eigenvalue weighted by Gasteiger charge is 2.08. The number of anilines is 1. The first-order valence-electron chi connectivity index (χ1n) is 8.89. The van der Waals surface area contributed by atoms with Crippen molar-refractivity contribution in [2.45, 2.75) is 6.54 Å². The van der Waals surface area contributed by atoms with E-state index in [9.17, 15) is 4.79 Å². The van der Waals surface area contributed by atoms with Gasteiger partial charge in [-0.1, -0.05) is 30.3 Å². The highest BCUT2D eigenvalue weighted by Crippen LogP contribution is 2.16.